The van der Waals surface area contributed by atoms with Crippen molar-refractivity contribution in [1.29, 1.82) is 0 Å². The molecule has 0 spiro atoms. The minimum Gasteiger partial charge on any atom is -0.494 e. The molecule has 0 amide bonds. The van der Waals surface area contributed by atoms with Crippen LogP contribution >= 0.6 is 0 Å². The van der Waals surface area contributed by atoms with E-state index in [9.17, 15) is 0 Å². The molecule has 26 heavy (non-hydrogen) atoms. The third-order valence-electron chi connectivity index (χ3n) is 4.81. The molecule has 3 rings (SSSR count). The van der Waals surface area contributed by atoms with Gasteiger partial charge >= 0.3 is 0 Å². The fourth-order valence-corrected chi connectivity index (χ4v) is 3.49. The lowest BCUT2D eigenvalue weighted by Gasteiger charge is -2.30. The molecule has 0 unspecified atom stereocenters. The van der Waals surface area contributed by atoms with Crippen LogP contribution in [-0.2, 0) is 10.8 Å². The van der Waals surface area contributed by atoms with Crippen molar-refractivity contribution in [3.63, 3.8) is 0 Å². The highest BCUT2D eigenvalue weighted by atomic mass is 16.5. The van der Waals surface area contributed by atoms with E-state index in [1.165, 1.54) is 11.1 Å². The summed E-state index contributed by atoms with van der Waals surface area (Å²) in [6, 6.07) is 10.2. The first-order valence-corrected chi connectivity index (χ1v) is 9.09. The molecular formula is C22H29N3O. The molecule has 0 bridgehead atoms. The maximum Gasteiger partial charge on any atom is 0.150 e. The van der Waals surface area contributed by atoms with Gasteiger partial charge in [0.1, 0.15) is 22.5 Å². The molecule has 0 aliphatic rings. The number of nitrogens with zero attached hydrogens (tertiary/aromatic N) is 3. The Morgan fingerprint density at radius 2 is 1.35 bits per heavy atom. The Balaban J connectivity index is 2.42. The number of hydrogen-bond donors (Lipinski definition) is 0. The molecule has 2 aromatic carbocycles. The highest BCUT2D eigenvalue weighted by Crippen LogP contribution is 2.42. The molecule has 0 saturated carbocycles. The minimum absolute atomic E-state index is 0.0116. The van der Waals surface area contributed by atoms with Crippen molar-refractivity contribution in [2.24, 2.45) is 0 Å². The lowest BCUT2D eigenvalue weighted by molar-refractivity contribution is 0.391. The molecule has 1 aromatic heterocycles. The van der Waals surface area contributed by atoms with Crippen LogP contribution in [0.4, 0.5) is 0 Å². The van der Waals surface area contributed by atoms with E-state index in [-0.39, 0.29) is 10.8 Å². The van der Waals surface area contributed by atoms with Crippen LogP contribution in [0.2, 0.25) is 0 Å². The van der Waals surface area contributed by atoms with Gasteiger partial charge in [-0.25, -0.2) is 0 Å². The summed E-state index contributed by atoms with van der Waals surface area (Å²) in [6.45, 7) is 15.5. The highest BCUT2D eigenvalue weighted by Gasteiger charge is 2.29. The molecule has 0 atom stereocenters. The van der Waals surface area contributed by atoms with Gasteiger partial charge in [-0.1, -0.05) is 59.7 Å². The second kappa shape index (κ2) is 6.11. The van der Waals surface area contributed by atoms with E-state index in [4.69, 9.17) is 14.9 Å². The first-order valence-electron chi connectivity index (χ1n) is 9.09. The number of hydrogen-bond acceptors (Lipinski definition) is 3. The molecule has 1 heterocycles. The molecule has 4 nitrogen and oxygen atoms in total. The Bertz CT molecular complexity index is 923. The van der Waals surface area contributed by atoms with Crippen LogP contribution in [0.25, 0.3) is 16.7 Å². The van der Waals surface area contributed by atoms with Crippen molar-refractivity contribution in [3.8, 4) is 11.4 Å². The number of benzene rings is 2. The van der Waals surface area contributed by atoms with Crippen LogP contribution in [0.3, 0.4) is 0 Å². The molecule has 4 heteroatoms. The van der Waals surface area contributed by atoms with Gasteiger partial charge < -0.3 is 4.74 Å². The van der Waals surface area contributed by atoms with Crippen LogP contribution in [-0.4, -0.2) is 22.1 Å². The van der Waals surface area contributed by atoms with Gasteiger partial charge in [-0.05, 0) is 41.0 Å². The van der Waals surface area contributed by atoms with Gasteiger partial charge in [-0.2, -0.15) is 0 Å². The maximum atomic E-state index is 5.90. The molecule has 0 aliphatic carbocycles. The third kappa shape index (κ3) is 3.09. The molecule has 138 valence electrons. The van der Waals surface area contributed by atoms with E-state index in [0.717, 1.165) is 28.0 Å². The zero-order valence-corrected chi connectivity index (χ0v) is 17.1. The van der Waals surface area contributed by atoms with Crippen molar-refractivity contribution < 1.29 is 4.74 Å². The molecule has 0 saturated heterocycles. The van der Waals surface area contributed by atoms with Gasteiger partial charge in [0.15, 0.2) is 0 Å². The minimum atomic E-state index is -0.0552. The molecule has 0 aliphatic heterocycles. The molecule has 0 fully saturated rings. The van der Waals surface area contributed by atoms with Crippen LogP contribution in [0, 0.1) is 6.92 Å². The largest absolute Gasteiger partial charge is 0.494 e. The summed E-state index contributed by atoms with van der Waals surface area (Å²) in [5.74, 6) is 0.850. The number of fused-ring (bicyclic) bond motifs is 1. The summed E-state index contributed by atoms with van der Waals surface area (Å²) in [6.07, 6.45) is 0. The van der Waals surface area contributed by atoms with E-state index in [1.54, 1.807) is 11.9 Å². The summed E-state index contributed by atoms with van der Waals surface area (Å²) in [5, 5.41) is 9.45. The molecular weight excluding hydrogens is 322 g/mol. The topological polar surface area (TPSA) is 39.9 Å². The van der Waals surface area contributed by atoms with Crippen LogP contribution in [0.15, 0.2) is 30.3 Å². The second-order valence-corrected chi connectivity index (χ2v) is 8.96. The Labute approximate surface area is 156 Å². The Morgan fingerprint density at radius 3 is 1.77 bits per heavy atom. The zero-order chi connectivity index (χ0) is 19.3. The Kier molecular flexibility index (Phi) is 4.33. The number of aromatic nitrogens is 3. The fourth-order valence-electron chi connectivity index (χ4n) is 3.49. The van der Waals surface area contributed by atoms with Gasteiger partial charge in [-0.3, -0.25) is 0 Å². The predicted molar refractivity (Wildman–Crippen MR) is 108 cm³/mol. The van der Waals surface area contributed by atoms with E-state index in [2.05, 4.69) is 54.5 Å². The average Bonchev–Trinajstić information content (AvgIpc) is 2.95. The SMILES string of the molecule is COc1c(C(C)(C)C)cc(C(C)(C)C)c(C)c1-n1nc2ccccc2n1. The normalized spacial score (nSPS) is 12.6. The van der Waals surface area contributed by atoms with Crippen LogP contribution in [0.5, 0.6) is 5.75 Å². The summed E-state index contributed by atoms with van der Waals surface area (Å²) < 4.78 is 5.90. The van der Waals surface area contributed by atoms with Crippen LogP contribution < -0.4 is 4.74 Å². The maximum absolute atomic E-state index is 5.90. The standard InChI is InChI=1S/C22H29N3O/c1-14-15(21(2,3)4)13-16(22(5,6)7)20(26-8)19(14)25-23-17-11-9-10-12-18(17)24-25/h9-13H,1-8H3. The van der Waals surface area contributed by atoms with Gasteiger partial charge in [-0.15, -0.1) is 15.0 Å². The van der Waals surface area contributed by atoms with Crippen molar-refractivity contribution in [1.82, 2.24) is 15.0 Å². The van der Waals surface area contributed by atoms with E-state index in [1.807, 2.05) is 24.3 Å². The summed E-state index contributed by atoms with van der Waals surface area (Å²) in [7, 11) is 1.73. The lowest BCUT2D eigenvalue weighted by atomic mass is 9.77. The Hall–Kier alpha value is -2.36. The number of methoxy groups -OCH3 is 1. The fraction of sp³-hybridized carbons (Fsp3) is 0.455. The van der Waals surface area contributed by atoms with Gasteiger partial charge in [0.25, 0.3) is 0 Å². The van der Waals surface area contributed by atoms with Crippen LogP contribution in [0.1, 0.15) is 58.2 Å². The van der Waals surface area contributed by atoms with E-state index in [0.29, 0.717) is 0 Å². The van der Waals surface area contributed by atoms with Crippen molar-refractivity contribution in [2.45, 2.75) is 59.3 Å². The third-order valence-corrected chi connectivity index (χ3v) is 4.81. The smallest absolute Gasteiger partial charge is 0.150 e. The monoisotopic (exact) mass is 351 g/mol. The summed E-state index contributed by atoms with van der Waals surface area (Å²) in [5.41, 5.74) is 6.27. The molecule has 0 radical (unpaired) electrons. The molecule has 0 N–H and O–H groups in total. The summed E-state index contributed by atoms with van der Waals surface area (Å²) in [4.78, 5) is 1.74. The Morgan fingerprint density at radius 1 is 0.846 bits per heavy atom. The van der Waals surface area contributed by atoms with Crippen molar-refractivity contribution in [3.05, 3.63) is 47.0 Å². The average molecular weight is 351 g/mol. The van der Waals surface area contributed by atoms with Crippen molar-refractivity contribution >= 4 is 11.0 Å². The first kappa shape index (κ1) is 18.4. The highest BCUT2D eigenvalue weighted by molar-refractivity contribution is 5.74. The van der Waals surface area contributed by atoms with Gasteiger partial charge in [0, 0.05) is 5.56 Å². The predicted octanol–water partition coefficient (Wildman–Crippen LogP) is 5.33. The zero-order valence-electron chi connectivity index (χ0n) is 17.1. The number of rotatable bonds is 2. The first-order chi connectivity index (χ1) is 12.0. The second-order valence-electron chi connectivity index (χ2n) is 8.96. The van der Waals surface area contributed by atoms with Crippen molar-refractivity contribution in [2.75, 3.05) is 7.11 Å². The number of ether oxygens (including phenoxy) is 1. The van der Waals surface area contributed by atoms with E-state index >= 15 is 0 Å². The summed E-state index contributed by atoms with van der Waals surface area (Å²) >= 11 is 0. The molecule has 3 aromatic rings. The lowest BCUT2D eigenvalue weighted by Crippen LogP contribution is -2.21. The quantitative estimate of drug-likeness (QED) is 0.626. The van der Waals surface area contributed by atoms with Gasteiger partial charge in [0.05, 0.1) is 7.11 Å². The van der Waals surface area contributed by atoms with Gasteiger partial charge in [0.2, 0.25) is 0 Å². The van der Waals surface area contributed by atoms with E-state index < -0.39 is 0 Å².